The summed E-state index contributed by atoms with van der Waals surface area (Å²) in [7, 11) is 3.43. The molecule has 0 unspecified atom stereocenters. The second-order valence-corrected chi connectivity index (χ2v) is 9.01. The van der Waals surface area contributed by atoms with E-state index >= 15 is 0 Å². The summed E-state index contributed by atoms with van der Waals surface area (Å²) in [5.74, 6) is 0.318. The van der Waals surface area contributed by atoms with E-state index in [2.05, 4.69) is 4.90 Å². The molecule has 1 amide bonds. The van der Waals surface area contributed by atoms with Crippen LogP contribution in [0.1, 0.15) is 59.3 Å². The van der Waals surface area contributed by atoms with E-state index in [4.69, 9.17) is 9.47 Å². The number of amides is 1. The van der Waals surface area contributed by atoms with Crippen molar-refractivity contribution in [1.29, 1.82) is 0 Å². The van der Waals surface area contributed by atoms with Crippen LogP contribution < -0.4 is 9.64 Å². The topological polar surface area (TPSA) is 42.0 Å². The predicted octanol–water partition coefficient (Wildman–Crippen LogP) is 4.98. The Hall–Kier alpha value is -1.98. The number of nitrogens with zero attached hydrogens (tertiary/aromatic N) is 2. The summed E-state index contributed by atoms with van der Waals surface area (Å²) < 4.78 is 24.6. The summed E-state index contributed by atoms with van der Waals surface area (Å²) in [6, 6.07) is 5.90. The molecule has 1 aromatic carbocycles. The molecule has 6 heteroatoms. The van der Waals surface area contributed by atoms with Crippen LogP contribution >= 0.6 is 0 Å². The molecule has 0 N–H and O–H groups in total. The first-order chi connectivity index (χ1) is 13.2. The average molecular weight is 393 g/mol. The summed E-state index contributed by atoms with van der Waals surface area (Å²) in [5, 5.41) is 0. The van der Waals surface area contributed by atoms with Gasteiger partial charge in [-0.25, -0.2) is 9.18 Å². The highest BCUT2D eigenvalue weighted by molar-refractivity contribution is 5.68. The SMILES string of the molecule is COc1cc(F)ccc1N(C1CC1)[C@H]1CC[C@@H](N(C)C(=O)OC(C)(C)C)CC1. The first kappa shape index (κ1) is 20.7. The first-order valence-electron chi connectivity index (χ1n) is 10.3. The highest BCUT2D eigenvalue weighted by atomic mass is 19.1. The maximum Gasteiger partial charge on any atom is 0.410 e. The lowest BCUT2D eigenvalue weighted by Crippen LogP contribution is -2.46. The zero-order valence-electron chi connectivity index (χ0n) is 17.7. The monoisotopic (exact) mass is 392 g/mol. The standard InChI is InChI=1S/C22H33FN2O3/c1-22(2,3)28-21(26)24(4)16-7-9-17(10-8-16)25(18-11-12-18)19-13-6-15(23)14-20(19)27-5/h6,13-14,16-18H,7-12H2,1-5H3/t16-,17+. The van der Waals surface area contributed by atoms with Gasteiger partial charge in [0.2, 0.25) is 0 Å². The van der Waals surface area contributed by atoms with Crippen LogP contribution in [0.15, 0.2) is 18.2 Å². The minimum absolute atomic E-state index is 0.197. The zero-order valence-corrected chi connectivity index (χ0v) is 17.7. The Morgan fingerprint density at radius 1 is 1.04 bits per heavy atom. The molecule has 1 aromatic rings. The van der Waals surface area contributed by atoms with Crippen molar-refractivity contribution in [3.63, 3.8) is 0 Å². The van der Waals surface area contributed by atoms with Gasteiger partial charge in [0.05, 0.1) is 12.8 Å². The van der Waals surface area contributed by atoms with Crippen molar-refractivity contribution in [2.45, 2.75) is 83.0 Å². The van der Waals surface area contributed by atoms with E-state index < -0.39 is 5.60 Å². The van der Waals surface area contributed by atoms with Gasteiger partial charge >= 0.3 is 6.09 Å². The third kappa shape index (κ3) is 4.89. The van der Waals surface area contributed by atoms with E-state index in [1.165, 1.54) is 12.1 Å². The molecule has 5 nitrogen and oxygen atoms in total. The number of carbonyl (C=O) groups excluding carboxylic acids is 1. The maximum atomic E-state index is 13.6. The molecule has 28 heavy (non-hydrogen) atoms. The summed E-state index contributed by atoms with van der Waals surface area (Å²) in [5.41, 5.74) is 0.500. The quantitative estimate of drug-likeness (QED) is 0.709. The van der Waals surface area contributed by atoms with Crippen LogP contribution in [0.25, 0.3) is 0 Å². The fourth-order valence-corrected chi connectivity index (χ4v) is 4.12. The minimum Gasteiger partial charge on any atom is -0.494 e. The number of carbonyl (C=O) groups is 1. The maximum absolute atomic E-state index is 13.6. The lowest BCUT2D eigenvalue weighted by Gasteiger charge is -2.41. The van der Waals surface area contributed by atoms with Crippen molar-refractivity contribution in [3.8, 4) is 5.75 Å². The predicted molar refractivity (Wildman–Crippen MR) is 108 cm³/mol. The van der Waals surface area contributed by atoms with Crippen LogP contribution in [0.5, 0.6) is 5.75 Å². The average Bonchev–Trinajstić information content (AvgIpc) is 3.46. The molecule has 2 aliphatic carbocycles. The van der Waals surface area contributed by atoms with E-state index in [1.807, 2.05) is 33.9 Å². The number of ether oxygens (including phenoxy) is 2. The molecule has 0 aromatic heterocycles. The third-order valence-electron chi connectivity index (χ3n) is 5.65. The highest BCUT2D eigenvalue weighted by Crippen LogP contribution is 2.42. The summed E-state index contributed by atoms with van der Waals surface area (Å²) >= 11 is 0. The van der Waals surface area contributed by atoms with Gasteiger partial charge in [-0.1, -0.05) is 0 Å². The van der Waals surface area contributed by atoms with Gasteiger partial charge in [0.25, 0.3) is 0 Å². The Bertz CT molecular complexity index is 692. The van der Waals surface area contributed by atoms with E-state index in [0.29, 0.717) is 17.8 Å². The molecule has 0 spiro atoms. The van der Waals surface area contributed by atoms with Crippen LogP contribution in [0.4, 0.5) is 14.9 Å². The highest BCUT2D eigenvalue weighted by Gasteiger charge is 2.38. The van der Waals surface area contributed by atoms with Gasteiger partial charge in [0.15, 0.2) is 0 Å². The van der Waals surface area contributed by atoms with Crippen molar-refractivity contribution >= 4 is 11.8 Å². The van der Waals surface area contributed by atoms with Crippen molar-refractivity contribution in [2.75, 3.05) is 19.1 Å². The van der Waals surface area contributed by atoms with E-state index in [9.17, 15) is 9.18 Å². The molecule has 2 fully saturated rings. The number of anilines is 1. The van der Waals surface area contributed by atoms with Crippen LogP contribution in [0, 0.1) is 5.82 Å². The Labute approximate surface area is 167 Å². The van der Waals surface area contributed by atoms with Crippen molar-refractivity contribution in [3.05, 3.63) is 24.0 Å². The molecule has 0 bridgehead atoms. The molecule has 0 saturated heterocycles. The van der Waals surface area contributed by atoms with E-state index in [0.717, 1.165) is 44.2 Å². The van der Waals surface area contributed by atoms with E-state index in [1.54, 1.807) is 12.0 Å². The molecule has 2 saturated carbocycles. The van der Waals surface area contributed by atoms with Crippen LogP contribution in [-0.4, -0.2) is 48.9 Å². The van der Waals surface area contributed by atoms with Crippen LogP contribution in [0.3, 0.4) is 0 Å². The Morgan fingerprint density at radius 2 is 1.57 bits per heavy atom. The Kier molecular flexibility index (Phi) is 6.06. The number of hydrogen-bond donors (Lipinski definition) is 0. The molecule has 0 radical (unpaired) electrons. The van der Waals surface area contributed by atoms with Gasteiger partial charge in [0.1, 0.15) is 17.2 Å². The van der Waals surface area contributed by atoms with Gasteiger partial charge in [-0.05, 0) is 71.4 Å². The smallest absolute Gasteiger partial charge is 0.410 e. The summed E-state index contributed by atoms with van der Waals surface area (Å²) in [4.78, 5) is 16.6. The van der Waals surface area contributed by atoms with Crippen LogP contribution in [-0.2, 0) is 4.74 Å². The summed E-state index contributed by atoms with van der Waals surface area (Å²) in [6.45, 7) is 5.66. The number of hydrogen-bond acceptors (Lipinski definition) is 4. The number of methoxy groups -OCH3 is 1. The lowest BCUT2D eigenvalue weighted by molar-refractivity contribution is 0.0182. The van der Waals surface area contributed by atoms with Gasteiger partial charge in [-0.3, -0.25) is 0 Å². The normalized spacial score (nSPS) is 22.5. The fourth-order valence-electron chi connectivity index (χ4n) is 4.12. The third-order valence-corrected chi connectivity index (χ3v) is 5.65. The molecular weight excluding hydrogens is 359 g/mol. The zero-order chi connectivity index (χ0) is 20.5. The molecule has 0 heterocycles. The Morgan fingerprint density at radius 3 is 2.07 bits per heavy atom. The number of rotatable bonds is 5. The van der Waals surface area contributed by atoms with Gasteiger partial charge in [-0.15, -0.1) is 0 Å². The number of halogens is 1. The largest absolute Gasteiger partial charge is 0.494 e. The fraction of sp³-hybridized carbons (Fsp3) is 0.682. The summed E-state index contributed by atoms with van der Waals surface area (Å²) in [6.07, 6.45) is 5.94. The van der Waals surface area contributed by atoms with Gasteiger partial charge in [-0.2, -0.15) is 0 Å². The minimum atomic E-state index is -0.482. The van der Waals surface area contributed by atoms with Crippen molar-refractivity contribution in [2.24, 2.45) is 0 Å². The van der Waals surface area contributed by atoms with Crippen LogP contribution in [0.2, 0.25) is 0 Å². The second kappa shape index (κ2) is 8.18. The van der Waals surface area contributed by atoms with E-state index in [-0.39, 0.29) is 18.0 Å². The molecule has 156 valence electrons. The molecule has 3 rings (SSSR count). The van der Waals surface area contributed by atoms with Gasteiger partial charge in [0, 0.05) is 31.2 Å². The lowest BCUT2D eigenvalue weighted by atomic mass is 9.89. The first-order valence-corrected chi connectivity index (χ1v) is 10.3. The van der Waals surface area contributed by atoms with Gasteiger partial charge < -0.3 is 19.3 Å². The molecule has 2 aliphatic rings. The van der Waals surface area contributed by atoms with Crippen molar-refractivity contribution < 1.29 is 18.7 Å². The van der Waals surface area contributed by atoms with Crippen molar-refractivity contribution in [1.82, 2.24) is 4.90 Å². The molecule has 0 aliphatic heterocycles. The molecular formula is C22H33FN2O3. The molecule has 0 atom stereocenters. The number of benzene rings is 1. The Balaban J connectivity index is 1.66. The second-order valence-electron chi connectivity index (χ2n) is 9.01.